The number of fused-ring (bicyclic) bond motifs is 1. The van der Waals surface area contributed by atoms with Gasteiger partial charge < -0.3 is 19.5 Å². The maximum Gasteiger partial charge on any atom is 0.410 e. The third-order valence-electron chi connectivity index (χ3n) is 5.80. The lowest BCUT2D eigenvalue weighted by atomic mass is 10.2. The second-order valence-electron chi connectivity index (χ2n) is 7.52. The Kier molecular flexibility index (Phi) is 3.70. The van der Waals surface area contributed by atoms with E-state index in [1.165, 1.54) is 4.90 Å². The number of carbonyl (C=O) groups excluding carboxylic acids is 2. The highest BCUT2D eigenvalue weighted by molar-refractivity contribution is 5.88. The van der Waals surface area contributed by atoms with E-state index in [0.29, 0.717) is 19.7 Å². The molecule has 2 aromatic heterocycles. The molecule has 2 saturated heterocycles. The number of hydrogen-bond donors (Lipinski definition) is 1. The molecule has 5 rings (SSSR count). The number of aromatic nitrogens is 3. The number of anilines is 1. The normalized spacial score (nSPS) is 21.6. The average Bonchev–Trinajstić information content (AvgIpc) is 3.15. The van der Waals surface area contributed by atoms with E-state index in [1.54, 1.807) is 6.33 Å². The quantitative estimate of drug-likeness (QED) is 0.866. The topological polar surface area (TPSA) is 94.7 Å². The van der Waals surface area contributed by atoms with Crippen molar-refractivity contribution in [2.24, 2.45) is 0 Å². The van der Waals surface area contributed by atoms with Crippen molar-refractivity contribution in [3.05, 3.63) is 18.6 Å². The van der Waals surface area contributed by atoms with Crippen LogP contribution in [0.25, 0.3) is 11.0 Å². The van der Waals surface area contributed by atoms with Crippen LogP contribution in [0.15, 0.2) is 18.6 Å². The van der Waals surface area contributed by atoms with E-state index in [4.69, 9.17) is 4.74 Å². The van der Waals surface area contributed by atoms with E-state index < -0.39 is 0 Å². The Bertz CT molecular complexity index is 892. The number of hydrogen-bond acceptors (Lipinski definition) is 6. The third kappa shape index (κ3) is 2.77. The van der Waals surface area contributed by atoms with Gasteiger partial charge in [-0.05, 0) is 25.3 Å². The molecule has 0 atom stereocenters. The van der Waals surface area contributed by atoms with Crippen LogP contribution in [-0.2, 0) is 9.53 Å². The number of H-pyrrole nitrogens is 1. The molecule has 27 heavy (non-hydrogen) atoms. The van der Waals surface area contributed by atoms with Crippen LogP contribution in [0.3, 0.4) is 0 Å². The number of carbonyl (C=O) groups is 2. The summed E-state index contributed by atoms with van der Waals surface area (Å²) >= 11 is 0. The molecule has 3 fully saturated rings. The van der Waals surface area contributed by atoms with Crippen molar-refractivity contribution in [3.8, 4) is 0 Å². The first-order chi connectivity index (χ1) is 13.2. The Morgan fingerprint density at radius 1 is 1.26 bits per heavy atom. The van der Waals surface area contributed by atoms with Gasteiger partial charge in [-0.2, -0.15) is 0 Å². The largest absolute Gasteiger partial charge is 0.448 e. The zero-order valence-electron chi connectivity index (χ0n) is 15.1. The van der Waals surface area contributed by atoms with Gasteiger partial charge in [0.2, 0.25) is 5.91 Å². The van der Waals surface area contributed by atoms with Gasteiger partial charge >= 0.3 is 6.09 Å². The van der Waals surface area contributed by atoms with Crippen molar-refractivity contribution in [1.29, 1.82) is 0 Å². The molecule has 0 unspecified atom stereocenters. The maximum atomic E-state index is 12.9. The Hall–Kier alpha value is -2.84. The van der Waals surface area contributed by atoms with Crippen molar-refractivity contribution in [3.63, 3.8) is 0 Å². The first-order valence-corrected chi connectivity index (χ1v) is 9.42. The molecule has 4 heterocycles. The smallest absolute Gasteiger partial charge is 0.410 e. The van der Waals surface area contributed by atoms with Crippen LogP contribution >= 0.6 is 0 Å². The second-order valence-corrected chi connectivity index (χ2v) is 7.52. The summed E-state index contributed by atoms with van der Waals surface area (Å²) in [6, 6.07) is 2.00. The summed E-state index contributed by atoms with van der Waals surface area (Å²) in [5.74, 6) is 0.938. The number of aromatic amines is 1. The van der Waals surface area contributed by atoms with E-state index in [1.807, 2.05) is 17.2 Å². The first-order valence-electron chi connectivity index (χ1n) is 9.42. The number of nitrogens with one attached hydrogen (secondary N) is 1. The summed E-state index contributed by atoms with van der Waals surface area (Å²) in [4.78, 5) is 42.3. The molecule has 142 valence electrons. The number of amides is 2. The van der Waals surface area contributed by atoms with Crippen LogP contribution in [0.4, 0.5) is 10.6 Å². The Labute approximate surface area is 156 Å². The molecule has 3 aliphatic rings. The predicted molar refractivity (Wildman–Crippen MR) is 97.3 cm³/mol. The lowest BCUT2D eigenvalue weighted by Crippen LogP contribution is -2.50. The molecule has 1 saturated carbocycles. The molecule has 9 nitrogen and oxygen atoms in total. The highest BCUT2D eigenvalue weighted by Gasteiger charge is 2.52. The molecule has 0 aromatic carbocycles. The fraction of sp³-hybridized carbons (Fsp3) is 0.556. The fourth-order valence-electron chi connectivity index (χ4n) is 4.25. The minimum absolute atomic E-state index is 0.0164. The van der Waals surface area contributed by atoms with E-state index in [2.05, 4.69) is 19.9 Å². The van der Waals surface area contributed by atoms with Crippen molar-refractivity contribution in [1.82, 2.24) is 24.8 Å². The molecule has 2 aromatic rings. The van der Waals surface area contributed by atoms with Crippen LogP contribution in [-0.4, -0.2) is 81.6 Å². The molecular weight excluding hydrogens is 348 g/mol. The SMILES string of the molecule is O=C1OCCN1CC(=O)N1CCCN(c2ncnc3[nH]ccc23)CC12CC2. The molecule has 1 N–H and O–H groups in total. The molecule has 0 radical (unpaired) electrons. The van der Waals surface area contributed by atoms with Gasteiger partial charge in [0.1, 0.15) is 30.9 Å². The standard InChI is InChI=1S/C18H22N6O3/c25-14(10-22-8-9-27-17(22)26)24-7-1-6-23(11-18(24)3-4-18)16-13-2-5-19-15(13)20-12-21-16/h2,5,12H,1,3-4,6-11H2,(H,19,20,21). The van der Waals surface area contributed by atoms with Crippen LogP contribution in [0.1, 0.15) is 19.3 Å². The minimum atomic E-state index is -0.388. The summed E-state index contributed by atoms with van der Waals surface area (Å²) in [5, 5.41) is 1.01. The molecule has 1 spiro atoms. The van der Waals surface area contributed by atoms with Crippen LogP contribution in [0.2, 0.25) is 0 Å². The Morgan fingerprint density at radius 2 is 2.15 bits per heavy atom. The summed E-state index contributed by atoms with van der Waals surface area (Å²) in [6.07, 6.45) is 5.91. The van der Waals surface area contributed by atoms with Crippen LogP contribution in [0.5, 0.6) is 0 Å². The van der Waals surface area contributed by atoms with Gasteiger partial charge in [0, 0.05) is 25.8 Å². The minimum Gasteiger partial charge on any atom is -0.448 e. The lowest BCUT2D eigenvalue weighted by Gasteiger charge is -2.33. The third-order valence-corrected chi connectivity index (χ3v) is 5.80. The number of ether oxygens (including phenoxy) is 1. The average molecular weight is 370 g/mol. The van der Waals surface area contributed by atoms with Gasteiger partial charge in [0.25, 0.3) is 0 Å². The molecule has 2 amide bonds. The predicted octanol–water partition coefficient (Wildman–Crippen LogP) is 0.981. The van der Waals surface area contributed by atoms with Gasteiger partial charge in [-0.1, -0.05) is 0 Å². The summed E-state index contributed by atoms with van der Waals surface area (Å²) in [7, 11) is 0. The van der Waals surface area contributed by atoms with Gasteiger partial charge in [0.15, 0.2) is 0 Å². The summed E-state index contributed by atoms with van der Waals surface area (Å²) in [5.41, 5.74) is 0.680. The molecule has 9 heteroatoms. The van der Waals surface area contributed by atoms with Crippen LogP contribution in [0, 0.1) is 0 Å². The number of rotatable bonds is 3. The van der Waals surface area contributed by atoms with Crippen molar-refractivity contribution in [2.45, 2.75) is 24.8 Å². The monoisotopic (exact) mass is 370 g/mol. The number of cyclic esters (lactones) is 1. The molecule has 0 bridgehead atoms. The van der Waals surface area contributed by atoms with Crippen molar-refractivity contribution < 1.29 is 14.3 Å². The van der Waals surface area contributed by atoms with Crippen molar-refractivity contribution >= 4 is 28.9 Å². The van der Waals surface area contributed by atoms with E-state index in [-0.39, 0.29) is 24.1 Å². The molecular formula is C18H22N6O3. The fourth-order valence-corrected chi connectivity index (χ4v) is 4.25. The van der Waals surface area contributed by atoms with Gasteiger partial charge in [-0.3, -0.25) is 9.69 Å². The summed E-state index contributed by atoms with van der Waals surface area (Å²) in [6.45, 7) is 3.28. The first kappa shape index (κ1) is 16.3. The molecule has 1 aliphatic carbocycles. The van der Waals surface area contributed by atoms with E-state index in [0.717, 1.165) is 49.2 Å². The van der Waals surface area contributed by atoms with Gasteiger partial charge in [0.05, 0.1) is 17.5 Å². The zero-order valence-corrected chi connectivity index (χ0v) is 15.1. The lowest BCUT2D eigenvalue weighted by molar-refractivity contribution is -0.134. The Balaban J connectivity index is 1.37. The van der Waals surface area contributed by atoms with E-state index in [9.17, 15) is 9.59 Å². The Morgan fingerprint density at radius 3 is 2.93 bits per heavy atom. The second kappa shape index (κ2) is 6.11. The number of nitrogens with zero attached hydrogens (tertiary/aromatic N) is 5. The summed E-state index contributed by atoms with van der Waals surface area (Å²) < 4.78 is 4.94. The molecule has 2 aliphatic heterocycles. The van der Waals surface area contributed by atoms with Gasteiger partial charge in [-0.25, -0.2) is 14.8 Å². The highest BCUT2D eigenvalue weighted by Crippen LogP contribution is 2.45. The highest BCUT2D eigenvalue weighted by atomic mass is 16.6. The maximum absolute atomic E-state index is 12.9. The van der Waals surface area contributed by atoms with E-state index >= 15 is 0 Å². The van der Waals surface area contributed by atoms with Gasteiger partial charge in [-0.15, -0.1) is 0 Å². The van der Waals surface area contributed by atoms with Crippen molar-refractivity contribution in [2.75, 3.05) is 44.2 Å². The zero-order chi connectivity index (χ0) is 18.4. The van der Waals surface area contributed by atoms with Crippen LogP contribution < -0.4 is 4.90 Å².